The van der Waals surface area contributed by atoms with Gasteiger partial charge >= 0.3 is 5.69 Å². The Morgan fingerprint density at radius 3 is 2.58 bits per heavy atom. The Kier molecular flexibility index (Phi) is 5.19. The van der Waals surface area contributed by atoms with Crippen molar-refractivity contribution in [2.24, 2.45) is 5.92 Å². The quantitative estimate of drug-likeness (QED) is 0.598. The highest BCUT2D eigenvalue weighted by Gasteiger charge is 2.30. The number of halogens is 2. The van der Waals surface area contributed by atoms with E-state index in [0.717, 1.165) is 49.9 Å². The van der Waals surface area contributed by atoms with Gasteiger partial charge in [-0.15, -0.1) is 0 Å². The van der Waals surface area contributed by atoms with E-state index in [2.05, 4.69) is 19.9 Å². The summed E-state index contributed by atoms with van der Waals surface area (Å²) in [5, 5.41) is 0. The highest BCUT2D eigenvalue weighted by Crippen LogP contribution is 2.39. The molecule has 31 heavy (non-hydrogen) atoms. The Balaban J connectivity index is 1.32. The van der Waals surface area contributed by atoms with Gasteiger partial charge in [0.15, 0.2) is 5.65 Å². The minimum atomic E-state index is -2.59. The number of hydrogen-bond donors (Lipinski definition) is 0. The van der Waals surface area contributed by atoms with E-state index in [1.54, 1.807) is 15.3 Å². The van der Waals surface area contributed by atoms with E-state index in [1.807, 2.05) is 19.1 Å². The molecular weight excluding hydrogens is 402 g/mol. The lowest BCUT2D eigenvalue weighted by Crippen LogP contribution is -2.37. The average Bonchev–Trinajstić information content (AvgIpc) is 3.60. The normalized spacial score (nSPS) is 17.7. The summed E-state index contributed by atoms with van der Waals surface area (Å²) < 4.78 is 30.2. The number of hydrogen-bond acceptors (Lipinski definition) is 5. The van der Waals surface area contributed by atoms with Crippen molar-refractivity contribution in [3.63, 3.8) is 0 Å². The van der Waals surface area contributed by atoms with Crippen LogP contribution in [0.15, 0.2) is 29.2 Å². The lowest BCUT2D eigenvalue weighted by molar-refractivity contribution is 0.145. The number of aromatic nitrogens is 5. The lowest BCUT2D eigenvalue weighted by Gasteiger charge is -2.33. The number of imidazole rings is 1. The third-order valence-electron chi connectivity index (χ3n) is 6.39. The standard InChI is InChI=1S/C22H26F2N6O/c1-2-29-17-4-3-9-25-21(17)30(22(29)31)13-14-7-10-28(11-8-14)18-12-16(19(23)24)26-20(27-18)15-5-6-15/h3-4,9,12,14-15,19H,2,5-8,10-11,13H2,1H3. The summed E-state index contributed by atoms with van der Waals surface area (Å²) in [7, 11) is 0. The van der Waals surface area contributed by atoms with Gasteiger partial charge in [-0.3, -0.25) is 9.13 Å². The van der Waals surface area contributed by atoms with Gasteiger partial charge in [0.25, 0.3) is 6.43 Å². The number of pyridine rings is 1. The third-order valence-corrected chi connectivity index (χ3v) is 6.39. The zero-order valence-electron chi connectivity index (χ0n) is 17.5. The van der Waals surface area contributed by atoms with Gasteiger partial charge in [-0.05, 0) is 50.7 Å². The van der Waals surface area contributed by atoms with Crippen molar-refractivity contribution in [3.05, 3.63) is 46.4 Å². The van der Waals surface area contributed by atoms with Crippen LogP contribution in [0.2, 0.25) is 0 Å². The number of fused-ring (bicyclic) bond motifs is 1. The molecule has 1 aliphatic carbocycles. The molecular formula is C22H26F2N6O. The molecule has 1 saturated heterocycles. The topological polar surface area (TPSA) is 68.8 Å². The third kappa shape index (κ3) is 3.81. The summed E-state index contributed by atoms with van der Waals surface area (Å²) in [6.07, 6.45) is 2.81. The molecule has 0 spiro atoms. The highest BCUT2D eigenvalue weighted by atomic mass is 19.3. The first-order chi connectivity index (χ1) is 15.0. The van der Waals surface area contributed by atoms with Crippen molar-refractivity contribution in [2.45, 2.75) is 58.0 Å². The maximum atomic E-state index is 13.3. The molecule has 0 unspecified atom stereocenters. The molecule has 1 aliphatic heterocycles. The molecule has 4 heterocycles. The van der Waals surface area contributed by atoms with Crippen LogP contribution in [0.3, 0.4) is 0 Å². The fourth-order valence-corrected chi connectivity index (χ4v) is 4.49. The molecule has 3 aromatic heterocycles. The maximum Gasteiger partial charge on any atom is 0.330 e. The van der Waals surface area contributed by atoms with Gasteiger partial charge in [-0.2, -0.15) is 0 Å². The van der Waals surface area contributed by atoms with Crippen LogP contribution in [0, 0.1) is 5.92 Å². The molecule has 0 radical (unpaired) electrons. The monoisotopic (exact) mass is 428 g/mol. The van der Waals surface area contributed by atoms with Gasteiger partial charge < -0.3 is 4.90 Å². The summed E-state index contributed by atoms with van der Waals surface area (Å²) in [6, 6.07) is 5.21. The van der Waals surface area contributed by atoms with E-state index < -0.39 is 6.43 Å². The summed E-state index contributed by atoms with van der Waals surface area (Å²) >= 11 is 0. The molecule has 0 atom stereocenters. The van der Waals surface area contributed by atoms with Gasteiger partial charge in [0, 0.05) is 44.4 Å². The first-order valence-corrected chi connectivity index (χ1v) is 11.0. The molecule has 0 bridgehead atoms. The lowest BCUT2D eigenvalue weighted by atomic mass is 9.96. The molecule has 5 rings (SSSR count). The second kappa shape index (κ2) is 8.01. The summed E-state index contributed by atoms with van der Waals surface area (Å²) in [4.78, 5) is 28.1. The first-order valence-electron chi connectivity index (χ1n) is 11.0. The van der Waals surface area contributed by atoms with Crippen LogP contribution in [-0.2, 0) is 13.1 Å². The Labute approximate surface area is 178 Å². The minimum Gasteiger partial charge on any atom is -0.356 e. The van der Waals surface area contributed by atoms with Crippen molar-refractivity contribution in [1.82, 2.24) is 24.1 Å². The van der Waals surface area contributed by atoms with Gasteiger partial charge in [0.2, 0.25) is 0 Å². The Hall–Kier alpha value is -2.84. The summed E-state index contributed by atoms with van der Waals surface area (Å²) in [5.41, 5.74) is 1.38. The SMILES string of the molecule is CCn1c(=O)n(CC2CCN(c3cc(C(F)F)nc(C4CC4)n3)CC2)c2ncccc21. The fourth-order valence-electron chi connectivity index (χ4n) is 4.49. The number of rotatable bonds is 6. The molecule has 0 aromatic carbocycles. The highest BCUT2D eigenvalue weighted by molar-refractivity contribution is 5.71. The van der Waals surface area contributed by atoms with Crippen LogP contribution >= 0.6 is 0 Å². The number of anilines is 1. The van der Waals surface area contributed by atoms with E-state index in [1.165, 1.54) is 6.07 Å². The molecule has 0 N–H and O–H groups in total. The first kappa shape index (κ1) is 20.1. The molecule has 3 aromatic rings. The largest absolute Gasteiger partial charge is 0.356 e. The number of nitrogens with zero attached hydrogens (tertiary/aromatic N) is 6. The van der Waals surface area contributed by atoms with Crippen molar-refractivity contribution in [1.29, 1.82) is 0 Å². The van der Waals surface area contributed by atoms with Crippen LogP contribution in [0.5, 0.6) is 0 Å². The smallest absolute Gasteiger partial charge is 0.330 e. The maximum absolute atomic E-state index is 13.3. The fraction of sp³-hybridized carbons (Fsp3) is 0.545. The molecule has 7 nitrogen and oxygen atoms in total. The van der Waals surface area contributed by atoms with Gasteiger partial charge in [0.05, 0.1) is 5.52 Å². The number of piperidine rings is 1. The molecule has 0 amide bonds. The zero-order valence-corrected chi connectivity index (χ0v) is 17.5. The van der Waals surface area contributed by atoms with E-state index in [4.69, 9.17) is 0 Å². The predicted octanol–water partition coefficient (Wildman–Crippen LogP) is 3.74. The van der Waals surface area contributed by atoms with Crippen molar-refractivity contribution >= 4 is 17.0 Å². The van der Waals surface area contributed by atoms with Crippen LogP contribution < -0.4 is 10.6 Å². The molecule has 1 saturated carbocycles. The summed E-state index contributed by atoms with van der Waals surface area (Å²) in [5.74, 6) is 1.71. The van der Waals surface area contributed by atoms with Crippen LogP contribution in [-0.4, -0.2) is 37.2 Å². The van der Waals surface area contributed by atoms with E-state index >= 15 is 0 Å². The average molecular weight is 428 g/mol. The molecule has 2 aliphatic rings. The van der Waals surface area contributed by atoms with Crippen LogP contribution in [0.25, 0.3) is 11.2 Å². The van der Waals surface area contributed by atoms with Crippen LogP contribution in [0.1, 0.15) is 56.5 Å². The summed E-state index contributed by atoms with van der Waals surface area (Å²) in [6.45, 7) is 4.64. The number of aryl methyl sites for hydroxylation is 1. The van der Waals surface area contributed by atoms with E-state index in [-0.39, 0.29) is 17.3 Å². The van der Waals surface area contributed by atoms with Crippen LogP contribution in [0.4, 0.5) is 14.6 Å². The minimum absolute atomic E-state index is 0.0231. The van der Waals surface area contributed by atoms with Gasteiger partial charge in [-0.25, -0.2) is 28.5 Å². The number of alkyl halides is 2. The molecule has 164 valence electrons. The second-order valence-electron chi connectivity index (χ2n) is 8.50. The van der Waals surface area contributed by atoms with Crippen molar-refractivity contribution in [2.75, 3.05) is 18.0 Å². The Morgan fingerprint density at radius 2 is 1.90 bits per heavy atom. The molecule has 9 heteroatoms. The van der Waals surface area contributed by atoms with E-state index in [9.17, 15) is 13.6 Å². The van der Waals surface area contributed by atoms with Gasteiger partial charge in [0.1, 0.15) is 17.3 Å². The van der Waals surface area contributed by atoms with Crippen molar-refractivity contribution < 1.29 is 8.78 Å². The van der Waals surface area contributed by atoms with E-state index in [0.29, 0.717) is 30.6 Å². The zero-order chi connectivity index (χ0) is 21.5. The van der Waals surface area contributed by atoms with Gasteiger partial charge in [-0.1, -0.05) is 0 Å². The van der Waals surface area contributed by atoms with Crippen molar-refractivity contribution in [3.8, 4) is 0 Å². The Morgan fingerprint density at radius 1 is 1.13 bits per heavy atom. The Bertz CT molecular complexity index is 1120. The second-order valence-corrected chi connectivity index (χ2v) is 8.50. The predicted molar refractivity (Wildman–Crippen MR) is 114 cm³/mol. The molecule has 2 fully saturated rings.